The van der Waals surface area contributed by atoms with Gasteiger partial charge in [-0.2, -0.15) is 0 Å². The monoisotopic (exact) mass is 248 g/mol. The third-order valence-corrected chi connectivity index (χ3v) is 3.36. The summed E-state index contributed by atoms with van der Waals surface area (Å²) in [6.45, 7) is 6.17. The molecule has 1 aliphatic heterocycles. The number of esters is 1. The van der Waals surface area contributed by atoms with E-state index in [1.165, 1.54) is 0 Å². The number of epoxide rings is 1. The molecular formula is C15H20O3. The summed E-state index contributed by atoms with van der Waals surface area (Å²) in [7, 11) is 0. The van der Waals surface area contributed by atoms with Gasteiger partial charge in [-0.3, -0.25) is 4.79 Å². The van der Waals surface area contributed by atoms with Crippen LogP contribution in [0.1, 0.15) is 45.3 Å². The lowest BCUT2D eigenvalue weighted by Crippen LogP contribution is -2.11. The van der Waals surface area contributed by atoms with Crippen molar-refractivity contribution < 1.29 is 14.3 Å². The molecule has 2 rings (SSSR count). The summed E-state index contributed by atoms with van der Waals surface area (Å²) in [4.78, 5) is 11.6. The Kier molecular flexibility index (Phi) is 4.02. The molecule has 0 aromatic heterocycles. The lowest BCUT2D eigenvalue weighted by molar-refractivity contribution is -0.135. The Morgan fingerprint density at radius 1 is 1.39 bits per heavy atom. The quantitative estimate of drug-likeness (QED) is 0.455. The molecular weight excluding hydrogens is 228 g/mol. The fourth-order valence-electron chi connectivity index (χ4n) is 1.86. The van der Waals surface area contributed by atoms with Crippen LogP contribution >= 0.6 is 0 Å². The molecule has 0 saturated carbocycles. The first-order chi connectivity index (χ1) is 8.60. The molecule has 3 nitrogen and oxygen atoms in total. The normalized spacial score (nSPS) is 23.5. The highest BCUT2D eigenvalue weighted by Gasteiger charge is 2.35. The molecule has 1 fully saturated rings. The van der Waals surface area contributed by atoms with Gasteiger partial charge in [0.15, 0.2) is 0 Å². The number of carbonyl (C=O) groups excluding carboxylic acids is 1. The van der Waals surface area contributed by atoms with Crippen LogP contribution in [0, 0.1) is 5.92 Å². The van der Waals surface area contributed by atoms with Gasteiger partial charge in [-0.05, 0) is 30.5 Å². The van der Waals surface area contributed by atoms with Gasteiger partial charge in [0.25, 0.3) is 0 Å². The van der Waals surface area contributed by atoms with Crippen molar-refractivity contribution in [3.8, 4) is 5.75 Å². The van der Waals surface area contributed by atoms with Crippen LogP contribution in [0.3, 0.4) is 0 Å². The SMILES string of the molecule is CCC(C)CC(=O)Oc1ccc(C2OC2C)cc1. The number of carbonyl (C=O) groups is 1. The zero-order valence-electron chi connectivity index (χ0n) is 11.2. The molecule has 1 heterocycles. The minimum absolute atomic E-state index is 0.159. The highest BCUT2D eigenvalue weighted by molar-refractivity contribution is 5.72. The Bertz CT molecular complexity index is 410. The van der Waals surface area contributed by atoms with E-state index in [2.05, 4.69) is 13.8 Å². The van der Waals surface area contributed by atoms with Gasteiger partial charge in [0.05, 0.1) is 6.10 Å². The highest BCUT2D eigenvalue weighted by atomic mass is 16.6. The van der Waals surface area contributed by atoms with Crippen LogP contribution in [0.5, 0.6) is 5.75 Å². The van der Waals surface area contributed by atoms with E-state index in [4.69, 9.17) is 9.47 Å². The summed E-state index contributed by atoms with van der Waals surface area (Å²) >= 11 is 0. The average molecular weight is 248 g/mol. The standard InChI is InChI=1S/C15H20O3/c1-4-10(2)9-14(16)18-13-7-5-12(6-8-13)15-11(3)17-15/h5-8,10-11,15H,4,9H2,1-3H3. The molecule has 0 radical (unpaired) electrons. The molecule has 1 saturated heterocycles. The molecule has 0 bridgehead atoms. The van der Waals surface area contributed by atoms with Crippen LogP contribution in [-0.2, 0) is 9.53 Å². The van der Waals surface area contributed by atoms with Crippen molar-refractivity contribution in [3.63, 3.8) is 0 Å². The first-order valence-electron chi connectivity index (χ1n) is 6.56. The predicted molar refractivity (Wildman–Crippen MR) is 69.4 cm³/mol. The highest BCUT2D eigenvalue weighted by Crippen LogP contribution is 2.38. The predicted octanol–water partition coefficient (Wildman–Crippen LogP) is 3.49. The van der Waals surface area contributed by atoms with Crippen LogP contribution in [0.15, 0.2) is 24.3 Å². The van der Waals surface area contributed by atoms with Crippen LogP contribution in [-0.4, -0.2) is 12.1 Å². The number of hydrogen-bond acceptors (Lipinski definition) is 3. The maximum atomic E-state index is 11.6. The Labute approximate surface area is 108 Å². The van der Waals surface area contributed by atoms with Crippen molar-refractivity contribution in [2.75, 3.05) is 0 Å². The summed E-state index contributed by atoms with van der Waals surface area (Å²) in [5, 5.41) is 0. The van der Waals surface area contributed by atoms with E-state index in [1.807, 2.05) is 31.2 Å². The zero-order valence-corrected chi connectivity index (χ0v) is 11.2. The van der Waals surface area contributed by atoms with E-state index >= 15 is 0 Å². The lowest BCUT2D eigenvalue weighted by atomic mass is 10.1. The number of benzene rings is 1. The van der Waals surface area contributed by atoms with Crippen LogP contribution in [0.2, 0.25) is 0 Å². The first-order valence-corrected chi connectivity index (χ1v) is 6.56. The van der Waals surface area contributed by atoms with Gasteiger partial charge >= 0.3 is 5.97 Å². The molecule has 3 atom stereocenters. The van der Waals surface area contributed by atoms with Gasteiger partial charge in [-0.1, -0.05) is 32.4 Å². The van der Waals surface area contributed by atoms with Crippen LogP contribution < -0.4 is 4.74 Å². The third kappa shape index (κ3) is 3.33. The molecule has 3 unspecified atom stereocenters. The molecule has 1 aromatic carbocycles. The minimum Gasteiger partial charge on any atom is -0.427 e. The van der Waals surface area contributed by atoms with Crippen molar-refractivity contribution >= 4 is 5.97 Å². The van der Waals surface area contributed by atoms with Crippen molar-refractivity contribution in [1.82, 2.24) is 0 Å². The second-order valence-electron chi connectivity index (χ2n) is 5.02. The molecule has 0 amide bonds. The van der Waals surface area contributed by atoms with Gasteiger partial charge in [0.1, 0.15) is 11.9 Å². The molecule has 3 heteroatoms. The minimum atomic E-state index is -0.159. The number of rotatable bonds is 5. The van der Waals surface area contributed by atoms with E-state index in [0.29, 0.717) is 24.2 Å². The van der Waals surface area contributed by atoms with E-state index in [0.717, 1.165) is 12.0 Å². The maximum Gasteiger partial charge on any atom is 0.311 e. The third-order valence-electron chi connectivity index (χ3n) is 3.36. The Morgan fingerprint density at radius 3 is 2.50 bits per heavy atom. The zero-order chi connectivity index (χ0) is 13.1. The van der Waals surface area contributed by atoms with Gasteiger partial charge in [-0.25, -0.2) is 0 Å². The molecule has 0 aliphatic carbocycles. The van der Waals surface area contributed by atoms with Crippen molar-refractivity contribution in [3.05, 3.63) is 29.8 Å². The summed E-state index contributed by atoms with van der Waals surface area (Å²) in [6.07, 6.45) is 1.99. The van der Waals surface area contributed by atoms with E-state index < -0.39 is 0 Å². The smallest absolute Gasteiger partial charge is 0.311 e. The van der Waals surface area contributed by atoms with E-state index in [1.54, 1.807) is 0 Å². The molecule has 98 valence electrons. The topological polar surface area (TPSA) is 38.8 Å². The second-order valence-corrected chi connectivity index (χ2v) is 5.02. The Balaban J connectivity index is 1.88. The molecule has 18 heavy (non-hydrogen) atoms. The largest absolute Gasteiger partial charge is 0.427 e. The summed E-state index contributed by atoms with van der Waals surface area (Å²) < 4.78 is 10.7. The first kappa shape index (κ1) is 13.1. The summed E-state index contributed by atoms with van der Waals surface area (Å²) in [6, 6.07) is 7.58. The van der Waals surface area contributed by atoms with Crippen LogP contribution in [0.25, 0.3) is 0 Å². The van der Waals surface area contributed by atoms with Gasteiger partial charge in [-0.15, -0.1) is 0 Å². The molecule has 0 spiro atoms. The van der Waals surface area contributed by atoms with Crippen LogP contribution in [0.4, 0.5) is 0 Å². The fraction of sp³-hybridized carbons (Fsp3) is 0.533. The Morgan fingerprint density at radius 2 is 2.00 bits per heavy atom. The lowest BCUT2D eigenvalue weighted by Gasteiger charge is -2.08. The molecule has 1 aliphatic rings. The van der Waals surface area contributed by atoms with Crippen molar-refractivity contribution in [2.45, 2.75) is 45.8 Å². The Hall–Kier alpha value is -1.35. The number of hydrogen-bond donors (Lipinski definition) is 0. The average Bonchev–Trinajstić information content (AvgIpc) is 3.07. The van der Waals surface area contributed by atoms with Crippen molar-refractivity contribution in [2.24, 2.45) is 5.92 Å². The number of ether oxygens (including phenoxy) is 2. The van der Waals surface area contributed by atoms with Gasteiger partial charge in [0, 0.05) is 6.42 Å². The summed E-state index contributed by atoms with van der Waals surface area (Å²) in [5.41, 5.74) is 1.14. The fourth-order valence-corrected chi connectivity index (χ4v) is 1.86. The summed E-state index contributed by atoms with van der Waals surface area (Å²) in [5.74, 6) is 0.825. The van der Waals surface area contributed by atoms with Gasteiger partial charge in [0.2, 0.25) is 0 Å². The van der Waals surface area contributed by atoms with E-state index in [-0.39, 0.29) is 12.1 Å². The second kappa shape index (κ2) is 5.53. The maximum absolute atomic E-state index is 11.6. The molecule has 1 aromatic rings. The molecule has 0 N–H and O–H groups in total. The van der Waals surface area contributed by atoms with Gasteiger partial charge < -0.3 is 9.47 Å². The van der Waals surface area contributed by atoms with Crippen molar-refractivity contribution in [1.29, 1.82) is 0 Å². The van der Waals surface area contributed by atoms with E-state index in [9.17, 15) is 4.79 Å².